The second kappa shape index (κ2) is 9.98. The molecule has 0 atom stereocenters. The maximum atomic E-state index is 6.23. The zero-order chi connectivity index (χ0) is 16.5. The molecule has 6 heteroatoms. The third-order valence-corrected chi connectivity index (χ3v) is 3.76. The van der Waals surface area contributed by atoms with E-state index >= 15 is 0 Å². The smallest absolute Gasteiger partial charge is 0.179 e. The Morgan fingerprint density at radius 3 is 2.65 bits per heavy atom. The normalized spacial score (nSPS) is 13.6. The molecule has 1 aliphatic rings. The van der Waals surface area contributed by atoms with E-state index in [4.69, 9.17) is 30.5 Å². The van der Waals surface area contributed by atoms with Gasteiger partial charge in [0.25, 0.3) is 0 Å². The molecule has 0 saturated carbocycles. The summed E-state index contributed by atoms with van der Waals surface area (Å²) >= 11 is 6.23. The second-order valence-corrected chi connectivity index (χ2v) is 5.67. The molecule has 5 nitrogen and oxygen atoms in total. The van der Waals surface area contributed by atoms with Crippen molar-refractivity contribution >= 4 is 11.6 Å². The fourth-order valence-electron chi connectivity index (χ4n) is 2.48. The summed E-state index contributed by atoms with van der Waals surface area (Å²) in [6, 6.07) is 3.90. The SMILES string of the molecule is CCOC(CCCNCc1cc(Cl)c2c(c1)OCCO2)OCC. The van der Waals surface area contributed by atoms with E-state index in [0.717, 1.165) is 37.2 Å². The molecule has 23 heavy (non-hydrogen) atoms. The van der Waals surface area contributed by atoms with Crippen LogP contribution in [-0.2, 0) is 16.0 Å². The maximum absolute atomic E-state index is 6.23. The third kappa shape index (κ3) is 5.84. The Balaban J connectivity index is 1.73. The first-order valence-electron chi connectivity index (χ1n) is 8.26. The molecule has 2 rings (SSSR count). The minimum absolute atomic E-state index is 0.101. The largest absolute Gasteiger partial charge is 0.486 e. The van der Waals surface area contributed by atoms with Crippen molar-refractivity contribution in [2.24, 2.45) is 0 Å². The van der Waals surface area contributed by atoms with Gasteiger partial charge in [-0.05, 0) is 50.9 Å². The number of rotatable bonds is 10. The quantitative estimate of drug-likeness (QED) is 0.521. The van der Waals surface area contributed by atoms with Crippen molar-refractivity contribution in [2.75, 3.05) is 33.0 Å². The molecule has 0 radical (unpaired) electrons. The highest BCUT2D eigenvalue weighted by atomic mass is 35.5. The fourth-order valence-corrected chi connectivity index (χ4v) is 2.77. The van der Waals surface area contributed by atoms with Gasteiger partial charge in [0.2, 0.25) is 0 Å². The van der Waals surface area contributed by atoms with E-state index < -0.39 is 0 Å². The summed E-state index contributed by atoms with van der Waals surface area (Å²) in [5.41, 5.74) is 1.09. The second-order valence-electron chi connectivity index (χ2n) is 5.26. The van der Waals surface area contributed by atoms with Crippen molar-refractivity contribution in [1.29, 1.82) is 0 Å². The lowest BCUT2D eigenvalue weighted by Crippen LogP contribution is -2.21. The lowest BCUT2D eigenvalue weighted by atomic mass is 10.2. The zero-order valence-electron chi connectivity index (χ0n) is 13.9. The molecule has 0 amide bonds. The molecule has 1 aliphatic heterocycles. The van der Waals surface area contributed by atoms with Crippen LogP contribution in [0.4, 0.5) is 0 Å². The molecular formula is C17H26ClNO4. The number of benzene rings is 1. The number of ether oxygens (including phenoxy) is 4. The van der Waals surface area contributed by atoms with E-state index in [1.807, 2.05) is 26.0 Å². The summed E-state index contributed by atoms with van der Waals surface area (Å²) in [6.45, 7) is 8.06. The maximum Gasteiger partial charge on any atom is 0.179 e. The van der Waals surface area contributed by atoms with E-state index in [1.165, 1.54) is 0 Å². The third-order valence-electron chi connectivity index (χ3n) is 3.48. The lowest BCUT2D eigenvalue weighted by molar-refractivity contribution is -0.139. The summed E-state index contributed by atoms with van der Waals surface area (Å²) in [4.78, 5) is 0. The van der Waals surface area contributed by atoms with Crippen molar-refractivity contribution < 1.29 is 18.9 Å². The topological polar surface area (TPSA) is 49.0 Å². The molecule has 0 unspecified atom stereocenters. The molecule has 0 bridgehead atoms. The van der Waals surface area contributed by atoms with E-state index in [1.54, 1.807) is 0 Å². The van der Waals surface area contributed by atoms with Crippen molar-refractivity contribution in [2.45, 2.75) is 39.5 Å². The van der Waals surface area contributed by atoms with Crippen molar-refractivity contribution in [1.82, 2.24) is 5.32 Å². The van der Waals surface area contributed by atoms with Gasteiger partial charge in [0.15, 0.2) is 17.8 Å². The Hall–Kier alpha value is -1.01. The summed E-state index contributed by atoms with van der Waals surface area (Å²) < 4.78 is 22.2. The first kappa shape index (κ1) is 18.3. The highest BCUT2D eigenvalue weighted by Gasteiger charge is 2.16. The number of hydrogen-bond acceptors (Lipinski definition) is 5. The van der Waals surface area contributed by atoms with Crippen molar-refractivity contribution in [3.8, 4) is 11.5 Å². The molecule has 1 heterocycles. The first-order chi connectivity index (χ1) is 11.2. The van der Waals surface area contributed by atoms with Gasteiger partial charge in [-0.25, -0.2) is 0 Å². The predicted octanol–water partition coefficient (Wildman–Crippen LogP) is 3.38. The summed E-state index contributed by atoms with van der Waals surface area (Å²) in [5.74, 6) is 1.38. The van der Waals surface area contributed by atoms with Crippen molar-refractivity contribution in [3.63, 3.8) is 0 Å². The van der Waals surface area contributed by atoms with E-state index in [0.29, 0.717) is 37.2 Å². The standard InChI is InChI=1S/C17H26ClNO4/c1-3-20-16(21-4-2)6-5-7-19-12-13-10-14(18)17-15(11-13)22-8-9-23-17/h10-11,16,19H,3-9,12H2,1-2H3. The van der Waals surface area contributed by atoms with Crippen molar-refractivity contribution in [3.05, 3.63) is 22.7 Å². The van der Waals surface area contributed by atoms with Crippen LogP contribution in [0.5, 0.6) is 11.5 Å². The average molecular weight is 344 g/mol. The van der Waals surface area contributed by atoms with Crippen LogP contribution in [-0.4, -0.2) is 39.3 Å². The summed E-state index contributed by atoms with van der Waals surface area (Å²) in [5, 5.41) is 4.01. The average Bonchev–Trinajstić information content (AvgIpc) is 2.55. The Labute approximate surface area is 143 Å². The highest BCUT2D eigenvalue weighted by molar-refractivity contribution is 6.32. The van der Waals surface area contributed by atoms with E-state index in [9.17, 15) is 0 Å². The van der Waals surface area contributed by atoms with Crippen LogP contribution in [0.15, 0.2) is 12.1 Å². The molecule has 0 spiro atoms. The zero-order valence-corrected chi connectivity index (χ0v) is 14.7. The molecular weight excluding hydrogens is 318 g/mol. The van der Waals surface area contributed by atoms with Crippen LogP contribution in [0.2, 0.25) is 5.02 Å². The molecule has 1 aromatic carbocycles. The van der Waals surface area contributed by atoms with Gasteiger partial charge in [-0.3, -0.25) is 0 Å². The Morgan fingerprint density at radius 1 is 1.17 bits per heavy atom. The highest BCUT2D eigenvalue weighted by Crippen LogP contribution is 2.38. The lowest BCUT2D eigenvalue weighted by Gasteiger charge is -2.20. The number of nitrogens with one attached hydrogen (secondary N) is 1. The molecule has 0 aliphatic carbocycles. The minimum atomic E-state index is -0.101. The van der Waals surface area contributed by atoms with Gasteiger partial charge in [0.05, 0.1) is 5.02 Å². The van der Waals surface area contributed by atoms with Gasteiger partial charge in [-0.1, -0.05) is 11.6 Å². The molecule has 0 fully saturated rings. The van der Waals surface area contributed by atoms with Gasteiger partial charge in [0.1, 0.15) is 13.2 Å². The Kier molecular flexibility index (Phi) is 7.95. The first-order valence-corrected chi connectivity index (χ1v) is 8.64. The van der Waals surface area contributed by atoms with E-state index in [-0.39, 0.29) is 6.29 Å². The molecule has 1 aromatic rings. The van der Waals surface area contributed by atoms with Crippen LogP contribution >= 0.6 is 11.6 Å². The Morgan fingerprint density at radius 2 is 1.91 bits per heavy atom. The predicted molar refractivity (Wildman–Crippen MR) is 90.4 cm³/mol. The summed E-state index contributed by atoms with van der Waals surface area (Å²) in [7, 11) is 0. The molecule has 0 aromatic heterocycles. The van der Waals surface area contributed by atoms with Gasteiger partial charge < -0.3 is 24.3 Å². The van der Waals surface area contributed by atoms with Crippen LogP contribution in [0.3, 0.4) is 0 Å². The molecule has 0 saturated heterocycles. The van der Waals surface area contributed by atoms with Crippen LogP contribution in [0, 0.1) is 0 Å². The van der Waals surface area contributed by atoms with Gasteiger partial charge >= 0.3 is 0 Å². The van der Waals surface area contributed by atoms with E-state index in [2.05, 4.69) is 5.32 Å². The number of hydrogen-bond donors (Lipinski definition) is 1. The van der Waals surface area contributed by atoms with Crippen LogP contribution < -0.4 is 14.8 Å². The van der Waals surface area contributed by atoms with Gasteiger partial charge in [0, 0.05) is 19.8 Å². The van der Waals surface area contributed by atoms with Crippen LogP contribution in [0.25, 0.3) is 0 Å². The monoisotopic (exact) mass is 343 g/mol. The van der Waals surface area contributed by atoms with Crippen LogP contribution in [0.1, 0.15) is 32.3 Å². The number of halogens is 1. The van der Waals surface area contributed by atoms with Gasteiger partial charge in [-0.2, -0.15) is 0 Å². The summed E-state index contributed by atoms with van der Waals surface area (Å²) in [6.07, 6.45) is 1.77. The van der Waals surface area contributed by atoms with Gasteiger partial charge in [-0.15, -0.1) is 0 Å². The minimum Gasteiger partial charge on any atom is -0.486 e. The fraction of sp³-hybridized carbons (Fsp3) is 0.647. The molecule has 1 N–H and O–H groups in total. The number of fused-ring (bicyclic) bond motifs is 1. The molecule has 130 valence electrons. The Bertz CT molecular complexity index is 478.